The van der Waals surface area contributed by atoms with Crippen molar-refractivity contribution in [2.75, 3.05) is 29.5 Å². The number of thioether (sulfide) groups is 1. The molecule has 1 fully saturated rings. The van der Waals surface area contributed by atoms with Crippen LogP contribution in [-0.4, -0.2) is 24.6 Å². The van der Waals surface area contributed by atoms with Crippen LogP contribution in [0.15, 0.2) is 36.4 Å². The lowest BCUT2D eigenvalue weighted by atomic mass is 10.0. The molecule has 1 heterocycles. The van der Waals surface area contributed by atoms with E-state index in [1.807, 2.05) is 36.0 Å². The minimum atomic E-state index is 0.765. The van der Waals surface area contributed by atoms with E-state index in [0.717, 1.165) is 24.0 Å². The van der Waals surface area contributed by atoms with Gasteiger partial charge in [0.05, 0.1) is 11.6 Å². The molecular formula is C15H14N2S. The van der Waals surface area contributed by atoms with E-state index in [0.29, 0.717) is 0 Å². The molecule has 18 heavy (non-hydrogen) atoms. The van der Waals surface area contributed by atoms with Crippen LogP contribution in [0, 0.1) is 11.3 Å². The first-order valence-corrected chi connectivity index (χ1v) is 7.30. The van der Waals surface area contributed by atoms with Gasteiger partial charge in [-0.2, -0.15) is 17.0 Å². The number of nitriles is 1. The van der Waals surface area contributed by atoms with Gasteiger partial charge >= 0.3 is 0 Å². The number of hydrogen-bond acceptors (Lipinski definition) is 3. The molecular weight excluding hydrogens is 240 g/mol. The third-order valence-electron chi connectivity index (χ3n) is 3.37. The molecule has 3 heteroatoms. The molecule has 90 valence electrons. The highest BCUT2D eigenvalue weighted by Crippen LogP contribution is 2.30. The standard InChI is InChI=1S/C15H14N2S/c16-11-12-5-6-15(17-7-9-18-10-8-17)14-4-2-1-3-13(12)14/h1-6H,7-10H2. The molecule has 1 saturated heterocycles. The number of anilines is 1. The Morgan fingerprint density at radius 2 is 1.72 bits per heavy atom. The van der Waals surface area contributed by atoms with Crippen LogP contribution in [0.4, 0.5) is 5.69 Å². The lowest BCUT2D eigenvalue weighted by Gasteiger charge is -2.29. The van der Waals surface area contributed by atoms with E-state index in [9.17, 15) is 0 Å². The van der Waals surface area contributed by atoms with Gasteiger partial charge in [0.15, 0.2) is 0 Å². The number of nitrogens with zero attached hydrogens (tertiary/aromatic N) is 2. The largest absolute Gasteiger partial charge is 0.369 e. The first-order chi connectivity index (χ1) is 8.90. The molecule has 0 spiro atoms. The molecule has 1 aliphatic rings. The van der Waals surface area contributed by atoms with Crippen LogP contribution in [0.25, 0.3) is 10.8 Å². The Morgan fingerprint density at radius 1 is 1.00 bits per heavy atom. The summed E-state index contributed by atoms with van der Waals surface area (Å²) in [4.78, 5) is 2.43. The molecule has 2 aromatic rings. The van der Waals surface area contributed by atoms with Crippen molar-refractivity contribution in [2.45, 2.75) is 0 Å². The fourth-order valence-electron chi connectivity index (χ4n) is 2.46. The second kappa shape index (κ2) is 4.91. The van der Waals surface area contributed by atoms with Gasteiger partial charge in [0, 0.05) is 41.1 Å². The van der Waals surface area contributed by atoms with Gasteiger partial charge in [0.25, 0.3) is 0 Å². The summed E-state index contributed by atoms with van der Waals surface area (Å²) in [5.41, 5.74) is 2.03. The Labute approximate surface area is 111 Å². The van der Waals surface area contributed by atoms with Gasteiger partial charge < -0.3 is 4.90 Å². The van der Waals surface area contributed by atoms with Gasteiger partial charge in [-0.1, -0.05) is 24.3 Å². The van der Waals surface area contributed by atoms with E-state index >= 15 is 0 Å². The number of benzene rings is 2. The molecule has 0 amide bonds. The minimum Gasteiger partial charge on any atom is -0.369 e. The normalized spacial score (nSPS) is 15.6. The van der Waals surface area contributed by atoms with Crippen LogP contribution in [0.1, 0.15) is 5.56 Å². The zero-order valence-corrected chi connectivity index (χ0v) is 10.9. The molecule has 1 aliphatic heterocycles. The molecule has 0 saturated carbocycles. The maximum Gasteiger partial charge on any atom is 0.0998 e. The highest BCUT2D eigenvalue weighted by atomic mass is 32.2. The third-order valence-corrected chi connectivity index (χ3v) is 4.32. The first-order valence-electron chi connectivity index (χ1n) is 6.15. The van der Waals surface area contributed by atoms with Gasteiger partial charge in [-0.25, -0.2) is 0 Å². The number of fused-ring (bicyclic) bond motifs is 1. The van der Waals surface area contributed by atoms with Gasteiger partial charge in [-0.15, -0.1) is 0 Å². The molecule has 0 aliphatic carbocycles. The molecule has 0 radical (unpaired) electrons. The summed E-state index contributed by atoms with van der Waals surface area (Å²) < 4.78 is 0. The highest BCUT2D eigenvalue weighted by Gasteiger charge is 2.14. The van der Waals surface area contributed by atoms with E-state index in [-0.39, 0.29) is 0 Å². The predicted octanol–water partition coefficient (Wildman–Crippen LogP) is 3.26. The molecule has 0 aromatic heterocycles. The van der Waals surface area contributed by atoms with E-state index < -0.39 is 0 Å². The van der Waals surface area contributed by atoms with Gasteiger partial charge in [-0.05, 0) is 12.1 Å². The zero-order chi connectivity index (χ0) is 12.4. The van der Waals surface area contributed by atoms with Gasteiger partial charge in [-0.3, -0.25) is 0 Å². The molecule has 3 rings (SSSR count). The SMILES string of the molecule is N#Cc1ccc(N2CCSCC2)c2ccccc12. The van der Waals surface area contributed by atoms with Crippen molar-refractivity contribution >= 4 is 28.2 Å². The fraction of sp³-hybridized carbons (Fsp3) is 0.267. The Balaban J connectivity index is 2.15. The van der Waals surface area contributed by atoms with Crippen molar-refractivity contribution in [2.24, 2.45) is 0 Å². The van der Waals surface area contributed by atoms with E-state index in [2.05, 4.69) is 23.1 Å². The smallest absolute Gasteiger partial charge is 0.0998 e. The van der Waals surface area contributed by atoms with Crippen LogP contribution in [0.3, 0.4) is 0 Å². The molecule has 2 nitrogen and oxygen atoms in total. The summed E-state index contributed by atoms with van der Waals surface area (Å²) in [5.74, 6) is 2.38. The molecule has 0 atom stereocenters. The molecule has 2 aromatic carbocycles. The predicted molar refractivity (Wildman–Crippen MR) is 78.2 cm³/mol. The molecule has 0 N–H and O–H groups in total. The first kappa shape index (κ1) is 11.4. The van der Waals surface area contributed by atoms with Crippen molar-refractivity contribution in [3.63, 3.8) is 0 Å². The monoisotopic (exact) mass is 254 g/mol. The maximum atomic E-state index is 9.17. The van der Waals surface area contributed by atoms with Crippen molar-refractivity contribution in [1.29, 1.82) is 5.26 Å². The summed E-state index contributed by atoms with van der Waals surface area (Å²) in [6.45, 7) is 2.20. The van der Waals surface area contributed by atoms with Crippen LogP contribution in [0.5, 0.6) is 0 Å². The zero-order valence-electron chi connectivity index (χ0n) is 10.1. The lowest BCUT2D eigenvalue weighted by molar-refractivity contribution is 0.863. The molecule has 0 bridgehead atoms. The Morgan fingerprint density at radius 3 is 2.44 bits per heavy atom. The summed E-state index contributed by atoms with van der Waals surface area (Å²) >= 11 is 2.01. The van der Waals surface area contributed by atoms with Crippen molar-refractivity contribution < 1.29 is 0 Å². The lowest BCUT2D eigenvalue weighted by Crippen LogP contribution is -2.32. The maximum absolute atomic E-state index is 9.17. The highest BCUT2D eigenvalue weighted by molar-refractivity contribution is 7.99. The van der Waals surface area contributed by atoms with Crippen molar-refractivity contribution in [1.82, 2.24) is 0 Å². The number of hydrogen-bond donors (Lipinski definition) is 0. The molecule has 0 unspecified atom stereocenters. The quantitative estimate of drug-likeness (QED) is 0.781. The fourth-order valence-corrected chi connectivity index (χ4v) is 3.36. The number of rotatable bonds is 1. The van der Waals surface area contributed by atoms with Crippen LogP contribution in [-0.2, 0) is 0 Å². The summed E-state index contributed by atoms with van der Waals surface area (Å²) in [6, 6.07) is 14.5. The Kier molecular flexibility index (Phi) is 3.12. The average molecular weight is 254 g/mol. The second-order valence-electron chi connectivity index (χ2n) is 4.39. The van der Waals surface area contributed by atoms with E-state index in [1.54, 1.807) is 0 Å². The Bertz CT molecular complexity index is 609. The van der Waals surface area contributed by atoms with Crippen LogP contribution in [0.2, 0.25) is 0 Å². The topological polar surface area (TPSA) is 27.0 Å². The van der Waals surface area contributed by atoms with Crippen molar-refractivity contribution in [3.8, 4) is 6.07 Å². The van der Waals surface area contributed by atoms with Crippen LogP contribution >= 0.6 is 11.8 Å². The average Bonchev–Trinajstić information content (AvgIpc) is 2.47. The third kappa shape index (κ3) is 1.93. The van der Waals surface area contributed by atoms with E-state index in [4.69, 9.17) is 5.26 Å². The van der Waals surface area contributed by atoms with Gasteiger partial charge in [0.2, 0.25) is 0 Å². The Hall–Kier alpha value is -1.66. The van der Waals surface area contributed by atoms with Crippen molar-refractivity contribution in [3.05, 3.63) is 42.0 Å². The summed E-state index contributed by atoms with van der Waals surface area (Å²) in [7, 11) is 0. The minimum absolute atomic E-state index is 0.765. The van der Waals surface area contributed by atoms with E-state index in [1.165, 1.54) is 22.6 Å². The van der Waals surface area contributed by atoms with Crippen LogP contribution < -0.4 is 4.90 Å². The van der Waals surface area contributed by atoms with Gasteiger partial charge in [0.1, 0.15) is 0 Å². The second-order valence-corrected chi connectivity index (χ2v) is 5.61. The summed E-state index contributed by atoms with van der Waals surface area (Å²) in [5, 5.41) is 11.4. The summed E-state index contributed by atoms with van der Waals surface area (Å²) in [6.07, 6.45) is 0.